The van der Waals surface area contributed by atoms with Crippen LogP contribution in [-0.2, 0) is 6.61 Å². The van der Waals surface area contributed by atoms with E-state index >= 15 is 0 Å². The lowest BCUT2D eigenvalue weighted by atomic mass is 10.1. The van der Waals surface area contributed by atoms with Crippen molar-refractivity contribution in [3.8, 4) is 5.75 Å². The monoisotopic (exact) mass is 289 g/mol. The predicted molar refractivity (Wildman–Crippen MR) is 72.7 cm³/mol. The van der Waals surface area contributed by atoms with Gasteiger partial charge in [0.05, 0.1) is 5.56 Å². The van der Waals surface area contributed by atoms with E-state index in [1.165, 1.54) is 6.07 Å². The molecule has 0 aliphatic rings. The molecule has 0 heterocycles. The molecule has 0 aliphatic heterocycles. The molecule has 2 rings (SSSR count). The number of carbonyl (C=O) groups excluding carboxylic acids is 1. The number of amides is 1. The van der Waals surface area contributed by atoms with Crippen LogP contribution in [-0.4, -0.2) is 17.0 Å². The van der Waals surface area contributed by atoms with Gasteiger partial charge in [-0.2, -0.15) is 0 Å². The zero-order valence-electron chi connectivity index (χ0n) is 10.9. The first-order valence-corrected chi connectivity index (χ1v) is 6.02. The van der Waals surface area contributed by atoms with Crippen LogP contribution in [0.3, 0.4) is 0 Å². The van der Waals surface area contributed by atoms with Crippen LogP contribution in [0.25, 0.3) is 0 Å². The Morgan fingerprint density at radius 3 is 2.57 bits per heavy atom. The minimum atomic E-state index is -1.34. The number of primary amides is 1. The number of carboxylic acids is 1. The van der Waals surface area contributed by atoms with E-state index in [0.717, 1.165) is 12.1 Å². The average molecular weight is 289 g/mol. The van der Waals surface area contributed by atoms with Gasteiger partial charge in [0.25, 0.3) is 0 Å². The molecule has 3 N–H and O–H groups in total. The molecule has 108 valence electrons. The fraction of sp³-hybridized carbons (Fsp3) is 0.0667. The van der Waals surface area contributed by atoms with E-state index in [1.54, 1.807) is 24.3 Å². The van der Waals surface area contributed by atoms with E-state index in [4.69, 9.17) is 15.6 Å². The Kier molecular flexibility index (Phi) is 4.18. The molecule has 5 nitrogen and oxygen atoms in total. The van der Waals surface area contributed by atoms with Crippen molar-refractivity contribution in [3.63, 3.8) is 0 Å². The summed E-state index contributed by atoms with van der Waals surface area (Å²) >= 11 is 0. The molecule has 0 saturated heterocycles. The van der Waals surface area contributed by atoms with Crippen molar-refractivity contribution in [1.29, 1.82) is 0 Å². The lowest BCUT2D eigenvalue weighted by molar-refractivity contribution is 0.0691. The standard InChI is InChI=1S/C15H12FNO4/c16-13-7-11(4-5-12(13)15(19)20)21-8-9-2-1-3-10(6-9)14(17)18/h1-7H,8H2,(H2,17,18)(H,19,20). The minimum Gasteiger partial charge on any atom is -0.489 e. The Hall–Kier alpha value is -2.89. The first kappa shape index (κ1) is 14.5. The number of rotatable bonds is 5. The largest absolute Gasteiger partial charge is 0.489 e. The topological polar surface area (TPSA) is 89.6 Å². The number of nitrogens with two attached hydrogens (primary N) is 1. The Bertz CT molecular complexity index is 700. The summed E-state index contributed by atoms with van der Waals surface area (Å²) in [6, 6.07) is 10.0. The number of benzene rings is 2. The number of carboxylic acid groups (broad SMARTS) is 1. The van der Waals surface area contributed by atoms with Gasteiger partial charge in [-0.3, -0.25) is 4.79 Å². The maximum atomic E-state index is 13.5. The average Bonchev–Trinajstić information content (AvgIpc) is 2.45. The summed E-state index contributed by atoms with van der Waals surface area (Å²) in [5, 5.41) is 8.72. The van der Waals surface area contributed by atoms with E-state index in [1.807, 2.05) is 0 Å². The van der Waals surface area contributed by atoms with Crippen LogP contribution in [0.5, 0.6) is 5.75 Å². The van der Waals surface area contributed by atoms with Gasteiger partial charge < -0.3 is 15.6 Å². The second kappa shape index (κ2) is 6.04. The Morgan fingerprint density at radius 1 is 1.19 bits per heavy atom. The van der Waals surface area contributed by atoms with E-state index in [2.05, 4.69) is 0 Å². The summed E-state index contributed by atoms with van der Waals surface area (Å²) in [4.78, 5) is 21.7. The summed E-state index contributed by atoms with van der Waals surface area (Å²) in [5.74, 6) is -2.56. The Balaban J connectivity index is 2.10. The molecule has 21 heavy (non-hydrogen) atoms. The molecule has 0 bridgehead atoms. The van der Waals surface area contributed by atoms with Crippen molar-refractivity contribution in [2.24, 2.45) is 5.73 Å². The third-order valence-corrected chi connectivity index (χ3v) is 2.79. The molecule has 0 saturated carbocycles. The minimum absolute atomic E-state index is 0.104. The van der Waals surface area contributed by atoms with Gasteiger partial charge in [0.15, 0.2) is 0 Å². The summed E-state index contributed by atoms with van der Waals surface area (Å²) < 4.78 is 18.8. The van der Waals surface area contributed by atoms with Crippen LogP contribution in [0.2, 0.25) is 0 Å². The van der Waals surface area contributed by atoms with E-state index in [0.29, 0.717) is 11.1 Å². The van der Waals surface area contributed by atoms with Gasteiger partial charge in [-0.25, -0.2) is 9.18 Å². The molecular weight excluding hydrogens is 277 g/mol. The van der Waals surface area contributed by atoms with Gasteiger partial charge in [0, 0.05) is 11.6 Å². The molecule has 1 amide bonds. The molecule has 0 aromatic heterocycles. The maximum absolute atomic E-state index is 13.5. The van der Waals surface area contributed by atoms with Gasteiger partial charge >= 0.3 is 5.97 Å². The van der Waals surface area contributed by atoms with Crippen LogP contribution in [0.1, 0.15) is 26.3 Å². The lowest BCUT2D eigenvalue weighted by Crippen LogP contribution is -2.11. The first-order chi connectivity index (χ1) is 9.97. The van der Waals surface area contributed by atoms with Gasteiger partial charge in [0.1, 0.15) is 18.2 Å². The number of hydrogen-bond donors (Lipinski definition) is 2. The second-order valence-electron chi connectivity index (χ2n) is 4.30. The first-order valence-electron chi connectivity index (χ1n) is 6.02. The Labute approximate surface area is 119 Å². The highest BCUT2D eigenvalue weighted by atomic mass is 19.1. The molecule has 2 aromatic carbocycles. The number of hydrogen-bond acceptors (Lipinski definition) is 3. The molecule has 0 fully saturated rings. The van der Waals surface area contributed by atoms with Gasteiger partial charge in [0.2, 0.25) is 5.91 Å². The van der Waals surface area contributed by atoms with Gasteiger partial charge in [-0.15, -0.1) is 0 Å². The molecule has 6 heteroatoms. The maximum Gasteiger partial charge on any atom is 0.338 e. The number of aromatic carboxylic acids is 1. The van der Waals surface area contributed by atoms with Crippen molar-refractivity contribution in [1.82, 2.24) is 0 Å². The number of halogens is 1. The summed E-state index contributed by atoms with van der Waals surface area (Å²) in [6.45, 7) is 0.104. The fourth-order valence-corrected chi connectivity index (χ4v) is 1.74. The van der Waals surface area contributed by atoms with Crippen molar-refractivity contribution in [2.45, 2.75) is 6.61 Å². The predicted octanol–water partition coefficient (Wildman–Crippen LogP) is 2.20. The SMILES string of the molecule is NC(=O)c1cccc(COc2ccc(C(=O)O)c(F)c2)c1. The third-order valence-electron chi connectivity index (χ3n) is 2.79. The van der Waals surface area contributed by atoms with Crippen LogP contribution >= 0.6 is 0 Å². The highest BCUT2D eigenvalue weighted by Gasteiger charge is 2.11. The van der Waals surface area contributed by atoms with Crippen LogP contribution in [0.15, 0.2) is 42.5 Å². The van der Waals surface area contributed by atoms with E-state index < -0.39 is 23.3 Å². The van der Waals surface area contributed by atoms with Crippen LogP contribution in [0, 0.1) is 5.82 Å². The molecule has 0 radical (unpaired) electrons. The highest BCUT2D eigenvalue weighted by Crippen LogP contribution is 2.18. The molecular formula is C15H12FNO4. The second-order valence-corrected chi connectivity index (χ2v) is 4.30. The Morgan fingerprint density at radius 2 is 1.95 bits per heavy atom. The molecule has 2 aromatic rings. The van der Waals surface area contributed by atoms with Crippen LogP contribution < -0.4 is 10.5 Å². The number of carbonyl (C=O) groups is 2. The molecule has 0 unspecified atom stereocenters. The third kappa shape index (κ3) is 3.56. The zero-order valence-corrected chi connectivity index (χ0v) is 10.9. The summed E-state index contributed by atoms with van der Waals surface area (Å²) in [6.07, 6.45) is 0. The molecule has 0 spiro atoms. The smallest absolute Gasteiger partial charge is 0.338 e. The molecule has 0 atom stereocenters. The van der Waals surface area contributed by atoms with E-state index in [9.17, 15) is 14.0 Å². The van der Waals surface area contributed by atoms with Crippen LogP contribution in [0.4, 0.5) is 4.39 Å². The van der Waals surface area contributed by atoms with Gasteiger partial charge in [-0.05, 0) is 29.8 Å². The van der Waals surface area contributed by atoms with E-state index in [-0.39, 0.29) is 12.4 Å². The van der Waals surface area contributed by atoms with Crippen molar-refractivity contribution in [2.75, 3.05) is 0 Å². The number of ether oxygens (including phenoxy) is 1. The zero-order chi connectivity index (χ0) is 15.4. The quantitative estimate of drug-likeness (QED) is 0.883. The van der Waals surface area contributed by atoms with Gasteiger partial charge in [-0.1, -0.05) is 12.1 Å². The van der Waals surface area contributed by atoms with Crippen molar-refractivity contribution >= 4 is 11.9 Å². The summed E-state index contributed by atoms with van der Waals surface area (Å²) in [5.41, 5.74) is 5.79. The summed E-state index contributed by atoms with van der Waals surface area (Å²) in [7, 11) is 0. The van der Waals surface area contributed by atoms with Crippen molar-refractivity contribution < 1.29 is 23.8 Å². The fourth-order valence-electron chi connectivity index (χ4n) is 1.74. The van der Waals surface area contributed by atoms with Crippen molar-refractivity contribution in [3.05, 3.63) is 65.0 Å². The molecule has 0 aliphatic carbocycles. The normalized spacial score (nSPS) is 10.1. The highest BCUT2D eigenvalue weighted by molar-refractivity contribution is 5.92. The lowest BCUT2D eigenvalue weighted by Gasteiger charge is -2.08.